The number of carbonyl (C=O) groups is 1. The Bertz CT molecular complexity index is 499. The van der Waals surface area contributed by atoms with Crippen LogP contribution >= 0.6 is 23.2 Å². The minimum absolute atomic E-state index is 0.199. The van der Waals surface area contributed by atoms with E-state index < -0.39 is 12.3 Å². The summed E-state index contributed by atoms with van der Waals surface area (Å²) >= 11 is 12.2. The Kier molecular flexibility index (Phi) is 3.63. The number of carbonyl (C=O) groups excluding carboxylic acids is 1. The van der Waals surface area contributed by atoms with E-state index in [1.807, 2.05) is 6.92 Å². The van der Waals surface area contributed by atoms with Gasteiger partial charge in [0.25, 0.3) is 0 Å². The molecule has 1 aliphatic rings. The number of primary amides is 1. The van der Waals surface area contributed by atoms with Gasteiger partial charge in [-0.3, -0.25) is 0 Å². The van der Waals surface area contributed by atoms with Crippen molar-refractivity contribution in [2.45, 2.75) is 13.2 Å². The number of urea groups is 1. The second-order valence-electron chi connectivity index (χ2n) is 3.90. The average molecular weight is 288 g/mol. The Morgan fingerprint density at radius 3 is 2.61 bits per heavy atom. The Balaban J connectivity index is 2.28. The lowest BCUT2D eigenvalue weighted by Crippen LogP contribution is -2.42. The molecule has 0 bridgehead atoms. The third kappa shape index (κ3) is 2.37. The van der Waals surface area contributed by atoms with Crippen LogP contribution in [0.4, 0.5) is 4.79 Å². The van der Waals surface area contributed by atoms with Crippen LogP contribution in [0.15, 0.2) is 23.4 Å². The van der Waals surface area contributed by atoms with Crippen molar-refractivity contribution in [3.63, 3.8) is 0 Å². The van der Waals surface area contributed by atoms with Crippen LogP contribution < -0.4 is 11.1 Å². The molecule has 3 N–H and O–H groups in total. The number of oxime groups is 1. The molecule has 0 spiro atoms. The highest BCUT2D eigenvalue weighted by molar-refractivity contribution is 6.40. The first-order valence-corrected chi connectivity index (χ1v) is 6.00. The summed E-state index contributed by atoms with van der Waals surface area (Å²) in [4.78, 5) is 15.9. The van der Waals surface area contributed by atoms with Crippen molar-refractivity contribution in [1.29, 1.82) is 0 Å². The van der Waals surface area contributed by atoms with E-state index in [9.17, 15) is 4.79 Å². The molecule has 5 nitrogen and oxygen atoms in total. The minimum Gasteiger partial charge on any atom is -0.370 e. The molecule has 18 heavy (non-hydrogen) atoms. The smallest absolute Gasteiger partial charge is 0.315 e. The Morgan fingerprint density at radius 1 is 1.44 bits per heavy atom. The second kappa shape index (κ2) is 5.04. The fourth-order valence-corrected chi connectivity index (χ4v) is 2.33. The van der Waals surface area contributed by atoms with Crippen molar-refractivity contribution in [1.82, 2.24) is 5.32 Å². The van der Waals surface area contributed by atoms with Crippen molar-refractivity contribution >= 4 is 34.9 Å². The van der Waals surface area contributed by atoms with Crippen LogP contribution in [-0.4, -0.2) is 18.0 Å². The van der Waals surface area contributed by atoms with Crippen molar-refractivity contribution in [3.8, 4) is 0 Å². The summed E-state index contributed by atoms with van der Waals surface area (Å²) in [5.41, 5.74) is 6.25. The lowest BCUT2D eigenvalue weighted by atomic mass is 9.97. The zero-order chi connectivity index (χ0) is 13.3. The summed E-state index contributed by atoms with van der Waals surface area (Å²) in [6.45, 7) is 1.84. The van der Waals surface area contributed by atoms with E-state index in [1.165, 1.54) is 0 Å². The van der Waals surface area contributed by atoms with E-state index in [0.717, 1.165) is 0 Å². The van der Waals surface area contributed by atoms with Gasteiger partial charge in [0.05, 0.1) is 21.7 Å². The standard InChI is InChI=1S/C11H11Cl2N3O2/c1-5-9(16-18-10(5)15-11(14)17)8-6(12)3-2-4-7(8)13/h2-5,10H,1H3,(H3,14,15,17)/t5-,10-/m1/s1. The van der Waals surface area contributed by atoms with Gasteiger partial charge in [-0.05, 0) is 12.1 Å². The minimum atomic E-state index is -0.673. The molecule has 0 aromatic heterocycles. The summed E-state index contributed by atoms with van der Waals surface area (Å²) in [5.74, 6) is -0.199. The van der Waals surface area contributed by atoms with Crippen molar-refractivity contribution in [3.05, 3.63) is 33.8 Å². The SMILES string of the molecule is C[C@@H]1C(c2c(Cl)cccc2Cl)=NO[C@H]1NC(N)=O. The highest BCUT2D eigenvalue weighted by atomic mass is 35.5. The number of rotatable bonds is 2. The number of nitrogens with two attached hydrogens (primary N) is 1. The van der Waals surface area contributed by atoms with Gasteiger partial charge in [-0.1, -0.05) is 41.3 Å². The molecule has 96 valence electrons. The van der Waals surface area contributed by atoms with E-state index in [0.29, 0.717) is 21.3 Å². The topological polar surface area (TPSA) is 76.7 Å². The van der Waals surface area contributed by atoms with Gasteiger partial charge in [0.15, 0.2) is 0 Å². The first-order valence-electron chi connectivity index (χ1n) is 5.24. The molecule has 1 aromatic rings. The molecule has 7 heteroatoms. The number of hydrogen-bond acceptors (Lipinski definition) is 3. The van der Waals surface area contributed by atoms with E-state index >= 15 is 0 Å². The van der Waals surface area contributed by atoms with Crippen molar-refractivity contribution in [2.75, 3.05) is 0 Å². The summed E-state index contributed by atoms with van der Waals surface area (Å²) in [5, 5.41) is 7.33. The molecule has 0 unspecified atom stereocenters. The first kappa shape index (κ1) is 13.0. The number of hydrogen-bond donors (Lipinski definition) is 2. The van der Waals surface area contributed by atoms with E-state index in [1.54, 1.807) is 18.2 Å². The molecule has 0 radical (unpaired) electrons. The average Bonchev–Trinajstić information content (AvgIpc) is 2.61. The summed E-state index contributed by atoms with van der Waals surface area (Å²) < 4.78 is 0. The van der Waals surface area contributed by atoms with Crippen LogP contribution in [0.5, 0.6) is 0 Å². The Hall–Kier alpha value is -1.46. The first-order chi connectivity index (χ1) is 8.50. The number of nitrogens with zero attached hydrogens (tertiary/aromatic N) is 1. The predicted octanol–water partition coefficient (Wildman–Crippen LogP) is 2.36. The molecule has 2 amide bonds. The maximum Gasteiger partial charge on any atom is 0.315 e. The number of benzene rings is 1. The van der Waals surface area contributed by atoms with E-state index in [4.69, 9.17) is 33.8 Å². The van der Waals surface area contributed by atoms with Crippen LogP contribution in [0.25, 0.3) is 0 Å². The van der Waals surface area contributed by atoms with Crippen LogP contribution in [0.2, 0.25) is 10.0 Å². The third-order valence-electron chi connectivity index (χ3n) is 2.65. The highest BCUT2D eigenvalue weighted by Crippen LogP contribution is 2.31. The van der Waals surface area contributed by atoms with Crippen LogP contribution in [0.1, 0.15) is 12.5 Å². The Morgan fingerprint density at radius 2 is 2.06 bits per heavy atom. The molecule has 0 fully saturated rings. The quantitative estimate of drug-likeness (QED) is 0.876. The molecular formula is C11H11Cl2N3O2. The highest BCUT2D eigenvalue weighted by Gasteiger charge is 2.34. The fraction of sp³-hybridized carbons (Fsp3) is 0.273. The van der Waals surface area contributed by atoms with Gasteiger partial charge in [0.2, 0.25) is 6.23 Å². The number of halogens is 2. The second-order valence-corrected chi connectivity index (χ2v) is 4.71. The molecule has 2 rings (SSSR count). The monoisotopic (exact) mass is 287 g/mol. The lowest BCUT2D eigenvalue weighted by molar-refractivity contribution is 0.0488. The van der Waals surface area contributed by atoms with Gasteiger partial charge in [-0.25, -0.2) is 4.79 Å². The largest absolute Gasteiger partial charge is 0.370 e. The van der Waals surface area contributed by atoms with Gasteiger partial charge < -0.3 is 15.9 Å². The summed E-state index contributed by atoms with van der Waals surface area (Å²) in [7, 11) is 0. The third-order valence-corrected chi connectivity index (χ3v) is 3.28. The number of nitrogens with one attached hydrogen (secondary N) is 1. The molecular weight excluding hydrogens is 277 g/mol. The van der Waals surface area contributed by atoms with E-state index in [2.05, 4.69) is 10.5 Å². The molecule has 0 saturated heterocycles. The fourth-order valence-electron chi connectivity index (χ4n) is 1.74. The van der Waals surface area contributed by atoms with Gasteiger partial charge in [0.1, 0.15) is 0 Å². The predicted molar refractivity (Wildman–Crippen MR) is 69.8 cm³/mol. The van der Waals surface area contributed by atoms with Crippen LogP contribution in [0.3, 0.4) is 0 Å². The zero-order valence-corrected chi connectivity index (χ0v) is 11.0. The maximum atomic E-state index is 10.8. The van der Waals surface area contributed by atoms with Crippen molar-refractivity contribution in [2.24, 2.45) is 16.8 Å². The molecule has 0 saturated carbocycles. The maximum absolute atomic E-state index is 10.8. The number of amides is 2. The van der Waals surface area contributed by atoms with Gasteiger partial charge >= 0.3 is 6.03 Å². The van der Waals surface area contributed by atoms with Gasteiger partial charge in [-0.2, -0.15) is 0 Å². The summed E-state index contributed by atoms with van der Waals surface area (Å²) in [6.07, 6.45) is -0.607. The molecule has 1 aliphatic heterocycles. The van der Waals surface area contributed by atoms with Gasteiger partial charge in [0, 0.05) is 5.56 Å². The molecule has 0 aliphatic carbocycles. The van der Waals surface area contributed by atoms with Crippen molar-refractivity contribution < 1.29 is 9.63 Å². The lowest BCUT2D eigenvalue weighted by Gasteiger charge is -2.15. The van der Waals surface area contributed by atoms with Gasteiger partial charge in [-0.15, -0.1) is 0 Å². The summed E-state index contributed by atoms with van der Waals surface area (Å²) in [6, 6.07) is 4.50. The van der Waals surface area contributed by atoms with Crippen LogP contribution in [-0.2, 0) is 4.84 Å². The molecule has 2 atom stereocenters. The zero-order valence-electron chi connectivity index (χ0n) is 9.48. The van der Waals surface area contributed by atoms with Crippen LogP contribution in [0, 0.1) is 5.92 Å². The molecule has 1 heterocycles. The Labute approximate surface area is 114 Å². The normalized spacial score (nSPS) is 22.3. The molecule has 1 aromatic carbocycles. The van der Waals surface area contributed by atoms with E-state index in [-0.39, 0.29) is 5.92 Å².